The van der Waals surface area contributed by atoms with E-state index in [0.29, 0.717) is 18.5 Å². The molecule has 1 aliphatic heterocycles. The number of carbonyl (C=O) groups is 1. The zero-order valence-electron chi connectivity index (χ0n) is 15.3. The summed E-state index contributed by atoms with van der Waals surface area (Å²) in [6, 6.07) is 13.5. The van der Waals surface area contributed by atoms with Crippen LogP contribution in [0.2, 0.25) is 0 Å². The van der Waals surface area contributed by atoms with Crippen molar-refractivity contribution in [3.05, 3.63) is 80.6 Å². The zero-order chi connectivity index (χ0) is 18.8. The molecule has 2 aromatic carbocycles. The van der Waals surface area contributed by atoms with E-state index in [0.717, 1.165) is 41.6 Å². The van der Waals surface area contributed by atoms with Gasteiger partial charge in [-0.15, -0.1) is 23.7 Å². The van der Waals surface area contributed by atoms with Crippen molar-refractivity contribution in [1.82, 2.24) is 4.90 Å². The average Bonchev–Trinajstić information content (AvgIpc) is 2.69. The van der Waals surface area contributed by atoms with Crippen molar-refractivity contribution in [2.24, 2.45) is 0 Å². The predicted octanol–water partition coefficient (Wildman–Crippen LogP) is 4.84. The largest absolute Gasteiger partial charge is 0.299 e. The smallest absolute Gasteiger partial charge is 0.192 e. The highest BCUT2D eigenvalue weighted by Gasteiger charge is 2.21. The van der Waals surface area contributed by atoms with Gasteiger partial charge in [0, 0.05) is 45.6 Å². The van der Waals surface area contributed by atoms with Gasteiger partial charge in [0.25, 0.3) is 0 Å². The van der Waals surface area contributed by atoms with Gasteiger partial charge in [0.05, 0.1) is 0 Å². The van der Waals surface area contributed by atoms with E-state index >= 15 is 0 Å². The molecule has 0 unspecified atom stereocenters. The van der Waals surface area contributed by atoms with Gasteiger partial charge in [0.2, 0.25) is 0 Å². The molecule has 1 aromatic heterocycles. The molecule has 2 heterocycles. The van der Waals surface area contributed by atoms with Crippen molar-refractivity contribution < 1.29 is 9.18 Å². The normalized spacial score (nSPS) is 13.8. The Bertz CT molecular complexity index is 1050. The fourth-order valence-electron chi connectivity index (χ4n) is 3.59. The van der Waals surface area contributed by atoms with Gasteiger partial charge >= 0.3 is 0 Å². The predicted molar refractivity (Wildman–Crippen MR) is 114 cm³/mol. The fraction of sp³-hybridized carbons (Fsp3) is 0.273. The number of rotatable bonds is 5. The molecule has 0 atom stereocenters. The number of ketones is 1. The fourth-order valence-corrected chi connectivity index (χ4v) is 4.74. The lowest BCUT2D eigenvalue weighted by Crippen LogP contribution is -2.34. The molecule has 0 saturated carbocycles. The first-order valence-electron chi connectivity index (χ1n) is 9.16. The topological polar surface area (TPSA) is 37.4 Å². The number of hydrogen-bond acceptors (Lipinski definition) is 4. The Hall–Kier alpha value is -2.08. The zero-order valence-corrected chi connectivity index (χ0v) is 17.0. The summed E-state index contributed by atoms with van der Waals surface area (Å²) in [5.41, 5.74) is 1.61. The van der Waals surface area contributed by atoms with Crippen molar-refractivity contribution in [2.75, 3.05) is 13.1 Å². The molecule has 0 saturated heterocycles. The SMILES string of the molecule is Cl.O=C(CCCN1CCc2sc3ccccc3c(=O)c2C1)c1ccc(F)cc1. The van der Waals surface area contributed by atoms with Crippen LogP contribution >= 0.6 is 23.7 Å². The van der Waals surface area contributed by atoms with Gasteiger partial charge in [-0.25, -0.2) is 4.39 Å². The first-order chi connectivity index (χ1) is 13.1. The van der Waals surface area contributed by atoms with Crippen LogP contribution in [-0.4, -0.2) is 23.8 Å². The maximum atomic E-state index is 13.0. The Morgan fingerprint density at radius 3 is 2.64 bits per heavy atom. The summed E-state index contributed by atoms with van der Waals surface area (Å²) in [6.45, 7) is 2.34. The summed E-state index contributed by atoms with van der Waals surface area (Å²) in [5.74, 6) is -0.300. The maximum absolute atomic E-state index is 13.0. The molecule has 146 valence electrons. The Labute approximate surface area is 173 Å². The van der Waals surface area contributed by atoms with Crippen LogP contribution in [0.4, 0.5) is 4.39 Å². The third-order valence-electron chi connectivity index (χ3n) is 5.06. The molecule has 3 nitrogen and oxygen atoms in total. The standard InChI is InChI=1S/C22H20FNO2S.ClH/c23-16-9-7-15(8-10-16)19(25)5-3-12-24-13-11-21-18(14-24)22(26)17-4-1-2-6-20(17)27-21;/h1-2,4,6-10H,3,5,11-14H2;1H. The number of carbonyl (C=O) groups excluding carboxylic acids is 1. The second-order valence-corrected chi connectivity index (χ2v) is 8.03. The van der Waals surface area contributed by atoms with E-state index in [9.17, 15) is 14.0 Å². The first-order valence-corrected chi connectivity index (χ1v) is 9.98. The monoisotopic (exact) mass is 417 g/mol. The maximum Gasteiger partial charge on any atom is 0.192 e. The minimum absolute atomic E-state index is 0. The number of hydrogen-bond donors (Lipinski definition) is 0. The van der Waals surface area contributed by atoms with Crippen LogP contribution in [0, 0.1) is 5.82 Å². The molecule has 0 radical (unpaired) electrons. The molecule has 0 aliphatic carbocycles. The third kappa shape index (κ3) is 4.32. The second-order valence-electron chi connectivity index (χ2n) is 6.89. The van der Waals surface area contributed by atoms with Crippen molar-refractivity contribution in [3.63, 3.8) is 0 Å². The molecule has 28 heavy (non-hydrogen) atoms. The van der Waals surface area contributed by atoms with Gasteiger partial charge in [0.1, 0.15) is 5.82 Å². The van der Waals surface area contributed by atoms with E-state index in [1.807, 2.05) is 24.3 Å². The average molecular weight is 418 g/mol. The minimum atomic E-state index is -0.333. The molecule has 4 rings (SSSR count). The van der Waals surface area contributed by atoms with Crippen LogP contribution in [0.25, 0.3) is 10.1 Å². The van der Waals surface area contributed by atoms with E-state index in [-0.39, 0.29) is 29.4 Å². The number of halogens is 2. The first kappa shape index (κ1) is 20.6. The number of nitrogens with zero attached hydrogens (tertiary/aromatic N) is 1. The van der Waals surface area contributed by atoms with Crippen molar-refractivity contribution >= 4 is 39.6 Å². The number of benzene rings is 2. The molecule has 0 spiro atoms. The molecule has 0 bridgehead atoms. The lowest BCUT2D eigenvalue weighted by molar-refractivity contribution is 0.0973. The van der Waals surface area contributed by atoms with Crippen LogP contribution < -0.4 is 5.43 Å². The lowest BCUT2D eigenvalue weighted by Gasteiger charge is -2.28. The van der Waals surface area contributed by atoms with E-state index < -0.39 is 0 Å². The van der Waals surface area contributed by atoms with Gasteiger partial charge in [-0.2, -0.15) is 0 Å². The van der Waals surface area contributed by atoms with E-state index in [2.05, 4.69) is 4.90 Å². The molecule has 0 amide bonds. The molecule has 1 aliphatic rings. The molecule has 0 fully saturated rings. The van der Waals surface area contributed by atoms with Crippen LogP contribution in [0.15, 0.2) is 53.3 Å². The van der Waals surface area contributed by atoms with Crippen LogP contribution in [-0.2, 0) is 13.0 Å². The van der Waals surface area contributed by atoms with Crippen molar-refractivity contribution in [3.8, 4) is 0 Å². The summed E-state index contributed by atoms with van der Waals surface area (Å²) in [7, 11) is 0. The summed E-state index contributed by atoms with van der Waals surface area (Å²) in [4.78, 5) is 28.5. The molecular formula is C22H21ClFNO2S. The highest BCUT2D eigenvalue weighted by molar-refractivity contribution is 7.18. The van der Waals surface area contributed by atoms with Gasteiger partial charge in [-0.05, 0) is 55.8 Å². The van der Waals surface area contributed by atoms with E-state index in [1.54, 1.807) is 11.3 Å². The van der Waals surface area contributed by atoms with E-state index in [4.69, 9.17) is 0 Å². The number of fused-ring (bicyclic) bond motifs is 2. The van der Waals surface area contributed by atoms with Crippen molar-refractivity contribution in [2.45, 2.75) is 25.8 Å². The molecule has 6 heteroatoms. The van der Waals surface area contributed by atoms with Gasteiger partial charge in [-0.3, -0.25) is 14.5 Å². The Balaban J connectivity index is 0.00000225. The second kappa shape index (κ2) is 8.95. The Kier molecular flexibility index (Phi) is 6.60. The summed E-state index contributed by atoms with van der Waals surface area (Å²) in [6.07, 6.45) is 2.04. The van der Waals surface area contributed by atoms with Gasteiger partial charge < -0.3 is 0 Å². The molecular weight excluding hydrogens is 397 g/mol. The van der Waals surface area contributed by atoms with Crippen molar-refractivity contribution in [1.29, 1.82) is 0 Å². The lowest BCUT2D eigenvalue weighted by atomic mass is 10.0. The van der Waals surface area contributed by atoms with E-state index in [1.165, 1.54) is 29.1 Å². The van der Waals surface area contributed by atoms with Crippen LogP contribution in [0.3, 0.4) is 0 Å². The van der Waals surface area contributed by atoms with Crippen LogP contribution in [0.5, 0.6) is 0 Å². The third-order valence-corrected chi connectivity index (χ3v) is 6.33. The Morgan fingerprint density at radius 2 is 1.86 bits per heavy atom. The highest BCUT2D eigenvalue weighted by atomic mass is 35.5. The number of Topliss-reactive ketones (excluding diaryl/α,β-unsaturated/α-hetero) is 1. The molecule has 3 aromatic rings. The Morgan fingerprint density at radius 1 is 1.11 bits per heavy atom. The highest BCUT2D eigenvalue weighted by Crippen LogP contribution is 2.26. The molecule has 0 N–H and O–H groups in total. The van der Waals surface area contributed by atoms with Gasteiger partial charge in [-0.1, -0.05) is 12.1 Å². The summed E-state index contributed by atoms with van der Waals surface area (Å²) < 4.78 is 14.0. The van der Waals surface area contributed by atoms with Gasteiger partial charge in [0.15, 0.2) is 11.2 Å². The van der Waals surface area contributed by atoms with Crippen LogP contribution in [0.1, 0.15) is 33.6 Å². The summed E-state index contributed by atoms with van der Waals surface area (Å²) >= 11 is 1.72. The minimum Gasteiger partial charge on any atom is -0.299 e. The quantitative estimate of drug-likeness (QED) is 0.557. The summed E-state index contributed by atoms with van der Waals surface area (Å²) in [5, 5.41) is 0.801.